The van der Waals surface area contributed by atoms with Crippen molar-refractivity contribution in [3.8, 4) is 16.9 Å². The summed E-state index contributed by atoms with van der Waals surface area (Å²) in [5.41, 5.74) is 3.31. The molecule has 3 heterocycles. The Morgan fingerprint density at radius 3 is 2.27 bits per heavy atom. The van der Waals surface area contributed by atoms with Gasteiger partial charge in [-0.2, -0.15) is 0 Å². The fourth-order valence-electron chi connectivity index (χ4n) is 5.69. The lowest BCUT2D eigenvalue weighted by Gasteiger charge is -2.29. The first-order valence-electron chi connectivity index (χ1n) is 15.7. The smallest absolute Gasteiger partial charge is 0.255 e. The first-order valence-corrected chi connectivity index (χ1v) is 15.7. The summed E-state index contributed by atoms with van der Waals surface area (Å²) < 4.78 is 28.7. The standard InChI is InChI=1S/C33H43N3O8/c37-31-9-8-29(32(38)35-31)36-23-25-22-24(6-7-28(25)33(36)39)27-4-1-2-5-30(27)44-15-3-14-40-16-17-41-18-19-42-20-21-43-26-10-12-34-13-11-26/h1-2,4-7,22,26,29,34H,3,8-21,23H2,(H,35,37,38). The van der Waals surface area contributed by atoms with Crippen molar-refractivity contribution in [3.05, 3.63) is 53.6 Å². The second kappa shape index (κ2) is 16.6. The number of nitrogens with one attached hydrogen (secondary N) is 2. The number of amides is 3. The van der Waals surface area contributed by atoms with Gasteiger partial charge in [-0.1, -0.05) is 24.3 Å². The van der Waals surface area contributed by atoms with E-state index in [4.69, 9.17) is 23.7 Å². The summed E-state index contributed by atoms with van der Waals surface area (Å²) in [5, 5.41) is 5.67. The average Bonchev–Trinajstić information content (AvgIpc) is 3.37. The van der Waals surface area contributed by atoms with Crippen molar-refractivity contribution >= 4 is 17.7 Å². The summed E-state index contributed by atoms with van der Waals surface area (Å²) in [6.07, 6.45) is 3.79. The molecule has 2 aromatic rings. The number of rotatable bonds is 17. The van der Waals surface area contributed by atoms with Crippen LogP contribution in [-0.4, -0.2) is 101 Å². The van der Waals surface area contributed by atoms with Gasteiger partial charge in [0.2, 0.25) is 11.8 Å². The lowest BCUT2D eigenvalue weighted by atomic mass is 10.00. The van der Waals surface area contributed by atoms with Crippen LogP contribution in [0, 0.1) is 0 Å². The molecular weight excluding hydrogens is 566 g/mol. The quantitative estimate of drug-likeness (QED) is 0.206. The maximum atomic E-state index is 13.0. The first-order chi connectivity index (χ1) is 21.6. The van der Waals surface area contributed by atoms with Gasteiger partial charge in [0.15, 0.2) is 0 Å². The highest BCUT2D eigenvalue weighted by molar-refractivity contribution is 6.05. The molecule has 44 heavy (non-hydrogen) atoms. The molecule has 0 aliphatic carbocycles. The molecule has 0 spiro atoms. The highest BCUT2D eigenvalue weighted by Crippen LogP contribution is 2.35. The van der Waals surface area contributed by atoms with Crippen LogP contribution in [0.25, 0.3) is 11.1 Å². The molecule has 0 radical (unpaired) electrons. The van der Waals surface area contributed by atoms with E-state index in [1.165, 1.54) is 0 Å². The number of ether oxygens (including phenoxy) is 5. The Balaban J connectivity index is 0.966. The Morgan fingerprint density at radius 1 is 0.773 bits per heavy atom. The summed E-state index contributed by atoms with van der Waals surface area (Å²) in [5.74, 6) is -0.134. The van der Waals surface area contributed by atoms with Crippen molar-refractivity contribution in [2.24, 2.45) is 0 Å². The van der Waals surface area contributed by atoms with Crippen LogP contribution in [0.3, 0.4) is 0 Å². The van der Waals surface area contributed by atoms with Crippen molar-refractivity contribution in [1.29, 1.82) is 0 Å². The third kappa shape index (κ3) is 8.86. The number of benzene rings is 2. The van der Waals surface area contributed by atoms with Crippen molar-refractivity contribution in [2.75, 3.05) is 65.9 Å². The van der Waals surface area contributed by atoms with Crippen LogP contribution >= 0.6 is 0 Å². The lowest BCUT2D eigenvalue weighted by Crippen LogP contribution is -2.52. The van der Waals surface area contributed by atoms with Gasteiger partial charge in [-0.3, -0.25) is 19.7 Å². The molecule has 3 aliphatic heterocycles. The Kier molecular flexibility index (Phi) is 12.1. The molecule has 2 saturated heterocycles. The Bertz CT molecular complexity index is 1270. The first kappa shape index (κ1) is 32.1. The second-order valence-electron chi connectivity index (χ2n) is 11.1. The minimum Gasteiger partial charge on any atom is -0.493 e. The molecule has 3 aliphatic rings. The summed E-state index contributed by atoms with van der Waals surface area (Å²) >= 11 is 0. The van der Waals surface area contributed by atoms with E-state index in [1.807, 2.05) is 42.5 Å². The molecule has 0 bridgehead atoms. The normalized spacial score (nSPS) is 18.9. The van der Waals surface area contributed by atoms with E-state index in [1.54, 1.807) is 4.90 Å². The SMILES string of the molecule is O=C1CCC(N2Cc3cc(-c4ccccc4OCCCOCCOCCOCCOC4CCNCC4)ccc3C2=O)C(=O)N1. The molecule has 1 unspecified atom stereocenters. The number of carbonyl (C=O) groups is 3. The van der Waals surface area contributed by atoms with E-state index in [2.05, 4.69) is 10.6 Å². The van der Waals surface area contributed by atoms with Gasteiger partial charge in [-0.25, -0.2) is 0 Å². The Morgan fingerprint density at radius 2 is 1.50 bits per heavy atom. The molecule has 11 heteroatoms. The number of para-hydroxylation sites is 1. The zero-order valence-corrected chi connectivity index (χ0v) is 25.2. The maximum absolute atomic E-state index is 13.0. The van der Waals surface area contributed by atoms with Gasteiger partial charge in [-0.05, 0) is 61.7 Å². The Labute approximate surface area is 258 Å². The van der Waals surface area contributed by atoms with E-state index in [-0.39, 0.29) is 18.2 Å². The van der Waals surface area contributed by atoms with E-state index in [0.29, 0.717) is 77.5 Å². The van der Waals surface area contributed by atoms with Gasteiger partial charge < -0.3 is 33.9 Å². The van der Waals surface area contributed by atoms with Gasteiger partial charge in [0.05, 0.1) is 52.4 Å². The zero-order valence-electron chi connectivity index (χ0n) is 25.2. The number of imide groups is 1. The molecular formula is C33H43N3O8. The molecule has 5 rings (SSSR count). The summed E-state index contributed by atoms with van der Waals surface area (Å²) in [4.78, 5) is 38.5. The average molecular weight is 610 g/mol. The van der Waals surface area contributed by atoms with E-state index < -0.39 is 11.9 Å². The van der Waals surface area contributed by atoms with Crippen molar-refractivity contribution < 1.29 is 38.1 Å². The minimum atomic E-state index is -0.631. The number of piperidine rings is 2. The summed E-state index contributed by atoms with van der Waals surface area (Å²) in [6, 6.07) is 12.9. The van der Waals surface area contributed by atoms with Crippen LogP contribution in [-0.2, 0) is 35.1 Å². The largest absolute Gasteiger partial charge is 0.493 e. The van der Waals surface area contributed by atoms with Gasteiger partial charge in [0, 0.05) is 37.1 Å². The van der Waals surface area contributed by atoms with Crippen LogP contribution in [0.4, 0.5) is 0 Å². The molecule has 2 N–H and O–H groups in total. The molecule has 11 nitrogen and oxygen atoms in total. The molecule has 1 atom stereocenters. The fourth-order valence-corrected chi connectivity index (χ4v) is 5.69. The highest BCUT2D eigenvalue weighted by atomic mass is 16.6. The second-order valence-corrected chi connectivity index (χ2v) is 11.1. The molecule has 0 aromatic heterocycles. The monoisotopic (exact) mass is 609 g/mol. The molecule has 0 saturated carbocycles. The van der Waals surface area contributed by atoms with Gasteiger partial charge >= 0.3 is 0 Å². The number of fused-ring (bicyclic) bond motifs is 1. The fraction of sp³-hybridized carbons (Fsp3) is 0.545. The topological polar surface area (TPSA) is 125 Å². The molecule has 2 aromatic carbocycles. The predicted molar refractivity (Wildman–Crippen MR) is 162 cm³/mol. The number of nitrogens with zero attached hydrogens (tertiary/aromatic N) is 1. The number of hydrogen-bond donors (Lipinski definition) is 2. The van der Waals surface area contributed by atoms with Crippen LogP contribution in [0.1, 0.15) is 48.0 Å². The predicted octanol–water partition coefficient (Wildman–Crippen LogP) is 2.70. The van der Waals surface area contributed by atoms with Crippen molar-refractivity contribution in [3.63, 3.8) is 0 Å². The summed E-state index contributed by atoms with van der Waals surface area (Å²) in [7, 11) is 0. The third-order valence-corrected chi connectivity index (χ3v) is 8.02. The minimum absolute atomic E-state index is 0.183. The molecule has 2 fully saturated rings. The van der Waals surface area contributed by atoms with E-state index in [0.717, 1.165) is 54.8 Å². The van der Waals surface area contributed by atoms with E-state index >= 15 is 0 Å². The lowest BCUT2D eigenvalue weighted by molar-refractivity contribution is -0.136. The van der Waals surface area contributed by atoms with Crippen LogP contribution < -0.4 is 15.4 Å². The van der Waals surface area contributed by atoms with Crippen molar-refractivity contribution in [2.45, 2.75) is 50.8 Å². The van der Waals surface area contributed by atoms with Crippen LogP contribution in [0.2, 0.25) is 0 Å². The van der Waals surface area contributed by atoms with Gasteiger partial charge in [-0.15, -0.1) is 0 Å². The number of carbonyl (C=O) groups excluding carboxylic acids is 3. The summed E-state index contributed by atoms with van der Waals surface area (Å²) in [6.45, 7) is 6.76. The Hall–Kier alpha value is -3.35. The van der Waals surface area contributed by atoms with Crippen LogP contribution in [0.15, 0.2) is 42.5 Å². The zero-order chi connectivity index (χ0) is 30.6. The van der Waals surface area contributed by atoms with Gasteiger partial charge in [0.25, 0.3) is 5.91 Å². The third-order valence-electron chi connectivity index (χ3n) is 8.02. The highest BCUT2D eigenvalue weighted by Gasteiger charge is 2.39. The maximum Gasteiger partial charge on any atom is 0.255 e. The molecule has 3 amide bonds. The molecule has 238 valence electrons. The van der Waals surface area contributed by atoms with E-state index in [9.17, 15) is 14.4 Å². The van der Waals surface area contributed by atoms with Crippen LogP contribution in [0.5, 0.6) is 5.75 Å². The van der Waals surface area contributed by atoms with Gasteiger partial charge in [0.1, 0.15) is 11.8 Å². The van der Waals surface area contributed by atoms with Crippen molar-refractivity contribution in [1.82, 2.24) is 15.5 Å². The number of hydrogen-bond acceptors (Lipinski definition) is 9.